The molecular weight excluding hydrogens is 276 g/mol. The summed E-state index contributed by atoms with van der Waals surface area (Å²) in [7, 11) is 0. The molecule has 1 aromatic rings. The van der Waals surface area contributed by atoms with E-state index in [1.54, 1.807) is 39.0 Å². The monoisotopic (exact) mass is 296 g/mol. The van der Waals surface area contributed by atoms with E-state index in [-0.39, 0.29) is 5.91 Å². The van der Waals surface area contributed by atoms with Crippen LogP contribution >= 0.6 is 12.6 Å². The number of alkyl carbamates (subject to hydrolysis) is 1. The van der Waals surface area contributed by atoms with Crippen molar-refractivity contribution < 1.29 is 14.3 Å². The predicted octanol–water partition coefficient (Wildman–Crippen LogP) is 2.23. The lowest BCUT2D eigenvalue weighted by Gasteiger charge is -2.19. The van der Waals surface area contributed by atoms with Crippen molar-refractivity contribution in [2.75, 3.05) is 13.1 Å². The van der Waals surface area contributed by atoms with Crippen molar-refractivity contribution in [3.63, 3.8) is 0 Å². The fourth-order valence-corrected chi connectivity index (χ4v) is 1.68. The SMILES string of the molecule is CC(C)(C)OC(=O)NCCNC(=O)c1ccccc1S. The number of thiol groups is 1. The Labute approximate surface area is 124 Å². The van der Waals surface area contributed by atoms with Gasteiger partial charge in [-0.15, -0.1) is 12.6 Å². The number of hydrogen-bond acceptors (Lipinski definition) is 4. The Bertz CT molecular complexity index is 484. The van der Waals surface area contributed by atoms with E-state index >= 15 is 0 Å². The number of carbonyl (C=O) groups excluding carboxylic acids is 2. The summed E-state index contributed by atoms with van der Waals surface area (Å²) in [5.74, 6) is -0.221. The lowest BCUT2D eigenvalue weighted by molar-refractivity contribution is 0.0526. The Morgan fingerprint density at radius 3 is 2.35 bits per heavy atom. The molecule has 0 fully saturated rings. The van der Waals surface area contributed by atoms with E-state index in [9.17, 15) is 9.59 Å². The molecule has 0 saturated heterocycles. The Morgan fingerprint density at radius 1 is 1.15 bits per heavy atom. The summed E-state index contributed by atoms with van der Waals surface area (Å²) in [4.78, 5) is 23.8. The van der Waals surface area contributed by atoms with Crippen molar-refractivity contribution >= 4 is 24.6 Å². The van der Waals surface area contributed by atoms with Gasteiger partial charge in [-0.3, -0.25) is 4.79 Å². The maximum absolute atomic E-state index is 11.8. The first-order valence-electron chi connectivity index (χ1n) is 6.32. The summed E-state index contributed by atoms with van der Waals surface area (Å²) in [5, 5.41) is 5.27. The number of amides is 2. The maximum atomic E-state index is 11.8. The van der Waals surface area contributed by atoms with Crippen LogP contribution in [0.2, 0.25) is 0 Å². The molecule has 0 aliphatic rings. The number of rotatable bonds is 4. The van der Waals surface area contributed by atoms with Gasteiger partial charge in [0, 0.05) is 18.0 Å². The van der Waals surface area contributed by atoms with Crippen molar-refractivity contribution in [3.8, 4) is 0 Å². The van der Waals surface area contributed by atoms with Gasteiger partial charge in [-0.25, -0.2) is 4.79 Å². The second-order valence-electron chi connectivity index (χ2n) is 5.20. The number of benzene rings is 1. The van der Waals surface area contributed by atoms with Gasteiger partial charge in [-0.1, -0.05) is 12.1 Å². The molecule has 1 rings (SSSR count). The minimum Gasteiger partial charge on any atom is -0.444 e. The van der Waals surface area contributed by atoms with Crippen LogP contribution in [0.3, 0.4) is 0 Å². The molecule has 20 heavy (non-hydrogen) atoms. The minimum absolute atomic E-state index is 0.221. The molecule has 1 aromatic carbocycles. The molecule has 0 unspecified atom stereocenters. The second kappa shape index (κ2) is 7.19. The Kier molecular flexibility index (Phi) is 5.88. The van der Waals surface area contributed by atoms with E-state index in [0.717, 1.165) is 0 Å². The summed E-state index contributed by atoms with van der Waals surface area (Å²) in [6.45, 7) is 5.99. The van der Waals surface area contributed by atoms with E-state index in [1.807, 2.05) is 6.07 Å². The second-order valence-corrected chi connectivity index (χ2v) is 5.68. The van der Waals surface area contributed by atoms with Gasteiger partial charge >= 0.3 is 6.09 Å². The fraction of sp³-hybridized carbons (Fsp3) is 0.429. The summed E-state index contributed by atoms with van der Waals surface area (Å²) in [6, 6.07) is 7.02. The van der Waals surface area contributed by atoms with Crippen LogP contribution in [0.25, 0.3) is 0 Å². The van der Waals surface area contributed by atoms with Crippen molar-refractivity contribution in [1.29, 1.82) is 0 Å². The molecule has 0 bridgehead atoms. The molecule has 6 heteroatoms. The molecule has 0 atom stereocenters. The highest BCUT2D eigenvalue weighted by atomic mass is 32.1. The van der Waals surface area contributed by atoms with Crippen molar-refractivity contribution in [3.05, 3.63) is 29.8 Å². The van der Waals surface area contributed by atoms with Gasteiger partial charge in [-0.2, -0.15) is 0 Å². The number of hydrogen-bond donors (Lipinski definition) is 3. The van der Waals surface area contributed by atoms with E-state index in [2.05, 4.69) is 23.3 Å². The standard InChI is InChI=1S/C14H20N2O3S/c1-14(2,3)19-13(18)16-9-8-15-12(17)10-6-4-5-7-11(10)20/h4-7,20H,8-9H2,1-3H3,(H,15,17)(H,16,18). The van der Waals surface area contributed by atoms with E-state index in [1.165, 1.54) is 0 Å². The molecular formula is C14H20N2O3S. The van der Waals surface area contributed by atoms with Gasteiger partial charge in [0.15, 0.2) is 0 Å². The molecule has 0 aliphatic carbocycles. The first-order valence-corrected chi connectivity index (χ1v) is 6.77. The normalized spacial score (nSPS) is 10.8. The van der Waals surface area contributed by atoms with Crippen LogP contribution in [0.1, 0.15) is 31.1 Å². The molecule has 5 nitrogen and oxygen atoms in total. The average molecular weight is 296 g/mol. The van der Waals surface area contributed by atoms with Gasteiger partial charge in [-0.05, 0) is 32.9 Å². The Balaban J connectivity index is 2.30. The maximum Gasteiger partial charge on any atom is 0.407 e. The summed E-state index contributed by atoms with van der Waals surface area (Å²) >= 11 is 4.21. The summed E-state index contributed by atoms with van der Waals surface area (Å²) in [5.41, 5.74) is -0.0220. The lowest BCUT2D eigenvalue weighted by Crippen LogP contribution is -2.37. The van der Waals surface area contributed by atoms with Crippen molar-refractivity contribution in [2.24, 2.45) is 0 Å². The molecule has 0 aromatic heterocycles. The molecule has 0 spiro atoms. The van der Waals surface area contributed by atoms with Crippen LogP contribution in [0.15, 0.2) is 29.2 Å². The first-order chi connectivity index (χ1) is 9.29. The number of carbonyl (C=O) groups is 2. The van der Waals surface area contributed by atoms with Crippen LogP contribution in [0, 0.1) is 0 Å². The van der Waals surface area contributed by atoms with Gasteiger partial charge in [0.2, 0.25) is 0 Å². The van der Waals surface area contributed by atoms with Crippen LogP contribution in [-0.2, 0) is 4.74 Å². The van der Waals surface area contributed by atoms with Crippen LogP contribution < -0.4 is 10.6 Å². The zero-order valence-corrected chi connectivity index (χ0v) is 12.8. The largest absolute Gasteiger partial charge is 0.444 e. The smallest absolute Gasteiger partial charge is 0.407 e. The van der Waals surface area contributed by atoms with Gasteiger partial charge in [0.25, 0.3) is 5.91 Å². The molecule has 0 aliphatic heterocycles. The number of nitrogens with one attached hydrogen (secondary N) is 2. The molecule has 110 valence electrons. The van der Waals surface area contributed by atoms with Gasteiger partial charge < -0.3 is 15.4 Å². The average Bonchev–Trinajstić information content (AvgIpc) is 2.33. The summed E-state index contributed by atoms with van der Waals surface area (Å²) in [6.07, 6.45) is -0.499. The Hall–Kier alpha value is -1.69. The van der Waals surface area contributed by atoms with Crippen molar-refractivity contribution in [2.45, 2.75) is 31.3 Å². The zero-order valence-electron chi connectivity index (χ0n) is 11.9. The van der Waals surface area contributed by atoms with Crippen molar-refractivity contribution in [1.82, 2.24) is 10.6 Å². The van der Waals surface area contributed by atoms with Crippen LogP contribution in [-0.4, -0.2) is 30.7 Å². The minimum atomic E-state index is -0.529. The Morgan fingerprint density at radius 2 is 1.75 bits per heavy atom. The third kappa shape index (κ3) is 5.97. The van der Waals surface area contributed by atoms with Crippen LogP contribution in [0.4, 0.5) is 4.79 Å². The van der Waals surface area contributed by atoms with Crippen LogP contribution in [0.5, 0.6) is 0 Å². The van der Waals surface area contributed by atoms with E-state index in [4.69, 9.17) is 4.74 Å². The lowest BCUT2D eigenvalue weighted by atomic mass is 10.2. The van der Waals surface area contributed by atoms with Gasteiger partial charge in [0.1, 0.15) is 5.60 Å². The highest BCUT2D eigenvalue weighted by Gasteiger charge is 2.15. The molecule has 0 heterocycles. The topological polar surface area (TPSA) is 67.4 Å². The molecule has 2 N–H and O–H groups in total. The highest BCUT2D eigenvalue weighted by Crippen LogP contribution is 2.12. The number of ether oxygens (including phenoxy) is 1. The van der Waals surface area contributed by atoms with E-state index < -0.39 is 11.7 Å². The molecule has 0 radical (unpaired) electrons. The summed E-state index contributed by atoms with van der Waals surface area (Å²) < 4.78 is 5.07. The molecule has 0 saturated carbocycles. The fourth-order valence-electron chi connectivity index (χ4n) is 1.42. The molecule has 2 amide bonds. The quantitative estimate of drug-likeness (QED) is 0.589. The first kappa shape index (κ1) is 16.4. The third-order valence-corrected chi connectivity index (χ3v) is 2.62. The highest BCUT2D eigenvalue weighted by molar-refractivity contribution is 7.80. The van der Waals surface area contributed by atoms with E-state index in [0.29, 0.717) is 23.5 Å². The van der Waals surface area contributed by atoms with Gasteiger partial charge in [0.05, 0.1) is 5.56 Å². The third-order valence-electron chi connectivity index (χ3n) is 2.23. The predicted molar refractivity (Wildman–Crippen MR) is 80.3 cm³/mol. The zero-order chi connectivity index (χ0) is 15.2.